The highest BCUT2D eigenvalue weighted by molar-refractivity contribution is 9.11. The van der Waals surface area contributed by atoms with Crippen molar-refractivity contribution in [2.45, 2.75) is 39.5 Å². The van der Waals surface area contributed by atoms with Crippen molar-refractivity contribution in [3.63, 3.8) is 0 Å². The first-order valence-electron chi connectivity index (χ1n) is 8.24. The molecule has 4 rings (SSSR count). The maximum atomic E-state index is 3.63. The van der Waals surface area contributed by atoms with E-state index in [0.717, 1.165) is 0 Å². The third-order valence-corrected chi connectivity index (χ3v) is 6.23. The molecule has 2 aromatic rings. The van der Waals surface area contributed by atoms with Crippen LogP contribution in [-0.4, -0.2) is 0 Å². The molecule has 2 unspecified atom stereocenters. The van der Waals surface area contributed by atoms with Crippen LogP contribution in [0.2, 0.25) is 0 Å². The summed E-state index contributed by atoms with van der Waals surface area (Å²) in [7, 11) is 0. The Labute approximate surface area is 148 Å². The van der Waals surface area contributed by atoms with Gasteiger partial charge >= 0.3 is 0 Å². The van der Waals surface area contributed by atoms with Gasteiger partial charge in [-0.3, -0.25) is 0 Å². The Hall–Kier alpha value is -1.60. The second kappa shape index (κ2) is 6.49. The molecule has 0 spiro atoms. The Bertz CT molecular complexity index is 795. The third kappa shape index (κ3) is 2.95. The molecule has 23 heavy (non-hydrogen) atoms. The zero-order valence-electron chi connectivity index (χ0n) is 14.2. The molecule has 0 N–H and O–H groups in total. The minimum atomic E-state index is 0.543. The lowest BCUT2D eigenvalue weighted by Gasteiger charge is -2.04. The molecule has 118 valence electrons. The summed E-state index contributed by atoms with van der Waals surface area (Å²) in [5.41, 5.74) is 8.56. The Balaban J connectivity index is 0.000000136. The van der Waals surface area contributed by atoms with Crippen molar-refractivity contribution in [2.24, 2.45) is 0 Å². The van der Waals surface area contributed by atoms with Crippen LogP contribution in [0.4, 0.5) is 0 Å². The topological polar surface area (TPSA) is 0 Å². The van der Waals surface area contributed by atoms with Gasteiger partial charge in [0.15, 0.2) is 0 Å². The first-order valence-corrected chi connectivity index (χ1v) is 9.03. The molecule has 0 saturated carbocycles. The van der Waals surface area contributed by atoms with Crippen LogP contribution in [0.3, 0.4) is 0 Å². The van der Waals surface area contributed by atoms with Gasteiger partial charge in [0.25, 0.3) is 0 Å². The van der Waals surface area contributed by atoms with Gasteiger partial charge in [0.1, 0.15) is 0 Å². The Morgan fingerprint density at radius 1 is 0.783 bits per heavy atom. The zero-order chi connectivity index (χ0) is 16.6. The van der Waals surface area contributed by atoms with Crippen LogP contribution in [0.25, 0.3) is 11.1 Å². The average Bonchev–Trinajstić information content (AvgIpc) is 2.99. The molecule has 0 radical (unpaired) electrons. The summed E-state index contributed by atoms with van der Waals surface area (Å²) >= 11 is 3.63. The number of hydrogen-bond donors (Lipinski definition) is 0. The molecule has 0 heterocycles. The molecule has 0 fully saturated rings. The Kier molecular flexibility index (Phi) is 4.59. The fourth-order valence-corrected chi connectivity index (χ4v) is 4.07. The SMILES string of the molecule is CC1=C(Br)C(C)c2ccccc21.CC1=CC(C)c2ccccc21. The zero-order valence-corrected chi connectivity index (χ0v) is 15.8. The highest BCUT2D eigenvalue weighted by atomic mass is 79.9. The molecule has 0 amide bonds. The molecule has 0 bridgehead atoms. The standard InChI is InChI=1S/C11H11Br.C11H12/c1-7-9-5-3-4-6-10(9)8(2)11(7)12;1-8-7-9(2)11-6-4-3-5-10(8)11/h3-7H,1-2H3;3-8H,1-2H3. The molecule has 0 aromatic heterocycles. The van der Waals surface area contributed by atoms with E-state index in [-0.39, 0.29) is 0 Å². The summed E-state index contributed by atoms with van der Waals surface area (Å²) < 4.78 is 1.34. The van der Waals surface area contributed by atoms with Crippen molar-refractivity contribution in [1.29, 1.82) is 0 Å². The van der Waals surface area contributed by atoms with E-state index in [1.54, 1.807) is 0 Å². The molecule has 0 aliphatic heterocycles. The predicted molar refractivity (Wildman–Crippen MR) is 105 cm³/mol. The minimum Gasteiger partial charge on any atom is -0.0737 e. The van der Waals surface area contributed by atoms with Crippen molar-refractivity contribution in [3.05, 3.63) is 81.3 Å². The quantitative estimate of drug-likeness (QED) is 0.464. The number of allylic oxidation sites excluding steroid dienone is 4. The summed E-state index contributed by atoms with van der Waals surface area (Å²) in [6.07, 6.45) is 2.32. The van der Waals surface area contributed by atoms with Crippen LogP contribution >= 0.6 is 15.9 Å². The normalized spacial score (nSPS) is 21.3. The number of fused-ring (bicyclic) bond motifs is 2. The maximum absolute atomic E-state index is 3.63. The van der Waals surface area contributed by atoms with E-state index in [0.29, 0.717) is 11.8 Å². The number of benzene rings is 2. The maximum Gasteiger partial charge on any atom is 0.0136 e. The molecular weight excluding hydrogens is 344 g/mol. The van der Waals surface area contributed by atoms with Gasteiger partial charge in [-0.1, -0.05) is 84.4 Å². The molecule has 2 aliphatic rings. The van der Waals surface area contributed by atoms with Crippen molar-refractivity contribution in [3.8, 4) is 0 Å². The van der Waals surface area contributed by atoms with Crippen molar-refractivity contribution >= 4 is 27.1 Å². The van der Waals surface area contributed by atoms with Gasteiger partial charge < -0.3 is 0 Å². The van der Waals surface area contributed by atoms with Gasteiger partial charge in [-0.25, -0.2) is 0 Å². The van der Waals surface area contributed by atoms with Crippen LogP contribution in [0.15, 0.2) is 59.1 Å². The summed E-state index contributed by atoms with van der Waals surface area (Å²) in [6.45, 7) is 8.84. The first kappa shape index (κ1) is 16.3. The monoisotopic (exact) mass is 366 g/mol. The van der Waals surface area contributed by atoms with E-state index in [9.17, 15) is 0 Å². The van der Waals surface area contributed by atoms with E-state index in [4.69, 9.17) is 0 Å². The van der Waals surface area contributed by atoms with E-state index in [1.807, 2.05) is 0 Å². The molecule has 2 atom stereocenters. The van der Waals surface area contributed by atoms with Gasteiger partial charge in [0.05, 0.1) is 0 Å². The lowest BCUT2D eigenvalue weighted by Crippen LogP contribution is -1.87. The van der Waals surface area contributed by atoms with Crippen molar-refractivity contribution in [1.82, 2.24) is 0 Å². The molecule has 2 aliphatic carbocycles. The van der Waals surface area contributed by atoms with E-state index < -0.39 is 0 Å². The van der Waals surface area contributed by atoms with Gasteiger partial charge in [-0.15, -0.1) is 0 Å². The van der Waals surface area contributed by atoms with E-state index in [1.165, 1.54) is 37.9 Å². The highest BCUT2D eigenvalue weighted by Crippen LogP contribution is 2.43. The van der Waals surface area contributed by atoms with E-state index in [2.05, 4.69) is 98.2 Å². The number of hydrogen-bond acceptors (Lipinski definition) is 0. The predicted octanol–water partition coefficient (Wildman–Crippen LogP) is 7.14. The van der Waals surface area contributed by atoms with Gasteiger partial charge in [0.2, 0.25) is 0 Å². The Morgan fingerprint density at radius 2 is 1.35 bits per heavy atom. The summed E-state index contributed by atoms with van der Waals surface area (Å²) in [5, 5.41) is 0. The van der Waals surface area contributed by atoms with Crippen LogP contribution in [0, 0.1) is 0 Å². The number of halogens is 1. The molecule has 1 heteroatoms. The molecule has 2 aromatic carbocycles. The summed E-state index contributed by atoms with van der Waals surface area (Å²) in [5.74, 6) is 1.16. The van der Waals surface area contributed by atoms with Crippen LogP contribution in [0.1, 0.15) is 61.8 Å². The van der Waals surface area contributed by atoms with Gasteiger partial charge in [-0.2, -0.15) is 0 Å². The second-order valence-electron chi connectivity index (χ2n) is 6.51. The van der Waals surface area contributed by atoms with Gasteiger partial charge in [-0.05, 0) is 47.2 Å². The summed E-state index contributed by atoms with van der Waals surface area (Å²) in [4.78, 5) is 0. The van der Waals surface area contributed by atoms with Crippen LogP contribution in [0.5, 0.6) is 0 Å². The average molecular weight is 367 g/mol. The van der Waals surface area contributed by atoms with Crippen molar-refractivity contribution < 1.29 is 0 Å². The fourth-order valence-electron chi connectivity index (χ4n) is 3.61. The van der Waals surface area contributed by atoms with Crippen LogP contribution < -0.4 is 0 Å². The minimum absolute atomic E-state index is 0.543. The van der Waals surface area contributed by atoms with E-state index >= 15 is 0 Å². The summed E-state index contributed by atoms with van der Waals surface area (Å²) in [6, 6.07) is 17.2. The lowest BCUT2D eigenvalue weighted by atomic mass is 10.0. The fraction of sp³-hybridized carbons (Fsp3) is 0.273. The highest BCUT2D eigenvalue weighted by Gasteiger charge is 2.22. The number of rotatable bonds is 0. The largest absolute Gasteiger partial charge is 0.0737 e. The van der Waals surface area contributed by atoms with Gasteiger partial charge in [0, 0.05) is 16.3 Å². The lowest BCUT2D eigenvalue weighted by molar-refractivity contribution is 0.979. The van der Waals surface area contributed by atoms with Crippen LogP contribution in [-0.2, 0) is 0 Å². The Morgan fingerprint density at radius 3 is 1.96 bits per heavy atom. The third-order valence-electron chi connectivity index (χ3n) is 4.95. The van der Waals surface area contributed by atoms with Crippen molar-refractivity contribution in [2.75, 3.05) is 0 Å². The smallest absolute Gasteiger partial charge is 0.0136 e. The first-order chi connectivity index (χ1) is 11.0. The molecule has 0 nitrogen and oxygen atoms in total. The second-order valence-corrected chi connectivity index (χ2v) is 7.36. The molecular formula is C22H23Br. The molecule has 0 saturated heterocycles.